The summed E-state index contributed by atoms with van der Waals surface area (Å²) in [6.45, 7) is 3.63. The summed E-state index contributed by atoms with van der Waals surface area (Å²) in [4.78, 5) is 10.5. The molecule has 1 aliphatic rings. The van der Waals surface area contributed by atoms with Gasteiger partial charge in [-0.25, -0.2) is 0 Å². The molecule has 0 aromatic carbocycles. The molecule has 0 radical (unpaired) electrons. The van der Waals surface area contributed by atoms with Crippen LogP contribution in [0, 0.1) is 12.3 Å². The summed E-state index contributed by atoms with van der Waals surface area (Å²) in [5.41, 5.74) is 1.88. The fourth-order valence-electron chi connectivity index (χ4n) is 1.60. The van der Waals surface area contributed by atoms with E-state index in [-0.39, 0.29) is 0 Å². The molecule has 1 N–H and O–H groups in total. The number of hydrogen-bond donors (Lipinski definition) is 1. The van der Waals surface area contributed by atoms with Crippen molar-refractivity contribution in [2.24, 2.45) is 0 Å². The van der Waals surface area contributed by atoms with Crippen molar-refractivity contribution in [3.8, 4) is 0 Å². The third-order valence-corrected chi connectivity index (χ3v) is 2.41. The molecule has 74 valence electrons. The monoisotopic (exact) mass is 190 g/mol. The van der Waals surface area contributed by atoms with Crippen LogP contribution in [-0.2, 0) is 6.54 Å². The Balaban J connectivity index is 2.03. The van der Waals surface area contributed by atoms with E-state index in [9.17, 15) is 0 Å². The summed E-state index contributed by atoms with van der Waals surface area (Å²) in [6.07, 6.45) is 5.56. The Hall–Kier alpha value is -1.45. The highest BCUT2D eigenvalue weighted by molar-refractivity contribution is 5.80. The van der Waals surface area contributed by atoms with E-state index < -0.39 is 0 Å². The molecular formula is C10H14N4. The van der Waals surface area contributed by atoms with Gasteiger partial charge < -0.3 is 4.90 Å². The predicted molar refractivity (Wildman–Crippen MR) is 54.1 cm³/mol. The van der Waals surface area contributed by atoms with Gasteiger partial charge in [0.1, 0.15) is 0 Å². The van der Waals surface area contributed by atoms with Gasteiger partial charge in [0.2, 0.25) is 0 Å². The molecule has 4 heteroatoms. The Bertz CT molecular complexity index is 330. The average molecular weight is 190 g/mol. The summed E-state index contributed by atoms with van der Waals surface area (Å²) >= 11 is 0. The van der Waals surface area contributed by atoms with Crippen LogP contribution in [0.15, 0.2) is 12.4 Å². The Morgan fingerprint density at radius 3 is 2.86 bits per heavy atom. The molecule has 14 heavy (non-hydrogen) atoms. The zero-order valence-corrected chi connectivity index (χ0v) is 8.32. The summed E-state index contributed by atoms with van der Waals surface area (Å²) in [5.74, 6) is 0.729. The van der Waals surface area contributed by atoms with Crippen LogP contribution in [0.2, 0.25) is 0 Å². The molecule has 0 spiro atoms. The van der Waals surface area contributed by atoms with E-state index in [2.05, 4.69) is 14.9 Å². The Morgan fingerprint density at radius 2 is 2.29 bits per heavy atom. The van der Waals surface area contributed by atoms with Gasteiger partial charge >= 0.3 is 0 Å². The van der Waals surface area contributed by atoms with Crippen LogP contribution in [0.3, 0.4) is 0 Å². The third kappa shape index (κ3) is 1.89. The van der Waals surface area contributed by atoms with Gasteiger partial charge in [0, 0.05) is 19.2 Å². The molecule has 1 fully saturated rings. The lowest BCUT2D eigenvalue weighted by Crippen LogP contribution is -2.23. The van der Waals surface area contributed by atoms with Gasteiger partial charge in [-0.3, -0.25) is 15.4 Å². The van der Waals surface area contributed by atoms with Crippen LogP contribution in [0.1, 0.15) is 24.2 Å². The average Bonchev–Trinajstić information content (AvgIpc) is 2.56. The van der Waals surface area contributed by atoms with Crippen molar-refractivity contribution in [1.82, 2.24) is 14.9 Å². The van der Waals surface area contributed by atoms with E-state index in [0.29, 0.717) is 0 Å². The molecule has 0 atom stereocenters. The van der Waals surface area contributed by atoms with E-state index >= 15 is 0 Å². The number of aryl methyl sites for hydroxylation is 1. The number of amidine groups is 1. The van der Waals surface area contributed by atoms with E-state index in [1.807, 2.05) is 6.92 Å². The fraction of sp³-hybridized carbons (Fsp3) is 0.500. The molecule has 0 aliphatic carbocycles. The number of likely N-dealkylation sites (tertiary alicyclic amines) is 1. The maximum absolute atomic E-state index is 7.68. The van der Waals surface area contributed by atoms with Crippen molar-refractivity contribution in [3.63, 3.8) is 0 Å². The minimum Gasteiger partial charge on any atom is -0.355 e. The first-order chi connectivity index (χ1) is 6.75. The highest BCUT2D eigenvalue weighted by Crippen LogP contribution is 2.12. The second kappa shape index (κ2) is 3.74. The summed E-state index contributed by atoms with van der Waals surface area (Å²) < 4.78 is 0. The Labute approximate surface area is 83.5 Å². The van der Waals surface area contributed by atoms with Crippen LogP contribution in [0.5, 0.6) is 0 Å². The number of nitrogens with one attached hydrogen (secondary N) is 1. The lowest BCUT2D eigenvalue weighted by Gasteiger charge is -2.16. The smallest absolute Gasteiger partial charge is 0.0961 e. The molecule has 1 aromatic heterocycles. The second-order valence-electron chi connectivity index (χ2n) is 3.62. The lowest BCUT2D eigenvalue weighted by molar-refractivity contribution is 0.439. The molecule has 0 amide bonds. The summed E-state index contributed by atoms with van der Waals surface area (Å²) in [6, 6.07) is 0. The molecule has 0 unspecified atom stereocenters. The molecule has 0 saturated carbocycles. The SMILES string of the molecule is Cc1cnc(CN2CCCC2=N)cn1. The maximum Gasteiger partial charge on any atom is 0.0961 e. The first-order valence-electron chi connectivity index (χ1n) is 4.85. The van der Waals surface area contributed by atoms with Gasteiger partial charge in [-0.15, -0.1) is 0 Å². The van der Waals surface area contributed by atoms with Crippen LogP contribution in [0.4, 0.5) is 0 Å². The van der Waals surface area contributed by atoms with Crippen molar-refractivity contribution in [2.75, 3.05) is 6.54 Å². The zero-order valence-electron chi connectivity index (χ0n) is 8.32. The second-order valence-corrected chi connectivity index (χ2v) is 3.62. The highest BCUT2D eigenvalue weighted by atomic mass is 15.2. The molecule has 1 saturated heterocycles. The van der Waals surface area contributed by atoms with Crippen molar-refractivity contribution in [3.05, 3.63) is 23.8 Å². The number of nitrogens with zero attached hydrogens (tertiary/aromatic N) is 3. The maximum atomic E-state index is 7.68. The van der Waals surface area contributed by atoms with Gasteiger partial charge in [0.25, 0.3) is 0 Å². The first kappa shape index (κ1) is 9.12. The van der Waals surface area contributed by atoms with Crippen molar-refractivity contribution in [2.45, 2.75) is 26.3 Å². The number of rotatable bonds is 2. The van der Waals surface area contributed by atoms with Gasteiger partial charge in [-0.1, -0.05) is 0 Å². The normalized spacial score (nSPS) is 16.4. The topological polar surface area (TPSA) is 52.9 Å². The van der Waals surface area contributed by atoms with E-state index in [1.165, 1.54) is 0 Å². The first-order valence-corrected chi connectivity index (χ1v) is 4.85. The molecule has 4 nitrogen and oxygen atoms in total. The van der Waals surface area contributed by atoms with E-state index in [0.717, 1.165) is 43.2 Å². The number of hydrogen-bond acceptors (Lipinski definition) is 3. The quantitative estimate of drug-likeness (QED) is 0.766. The molecule has 1 aliphatic heterocycles. The Kier molecular flexibility index (Phi) is 2.43. The van der Waals surface area contributed by atoms with E-state index in [4.69, 9.17) is 5.41 Å². The van der Waals surface area contributed by atoms with Crippen molar-refractivity contribution in [1.29, 1.82) is 5.41 Å². The lowest BCUT2D eigenvalue weighted by atomic mass is 10.4. The predicted octanol–water partition coefficient (Wildman–Crippen LogP) is 1.36. The van der Waals surface area contributed by atoms with Crippen LogP contribution < -0.4 is 0 Å². The third-order valence-electron chi connectivity index (χ3n) is 2.41. The van der Waals surface area contributed by atoms with Crippen LogP contribution in [-0.4, -0.2) is 27.2 Å². The van der Waals surface area contributed by atoms with Crippen molar-refractivity contribution >= 4 is 5.84 Å². The van der Waals surface area contributed by atoms with Gasteiger partial charge in [0.15, 0.2) is 0 Å². The van der Waals surface area contributed by atoms with E-state index in [1.54, 1.807) is 12.4 Å². The number of aromatic nitrogens is 2. The molecular weight excluding hydrogens is 176 g/mol. The fourth-order valence-corrected chi connectivity index (χ4v) is 1.60. The van der Waals surface area contributed by atoms with Crippen LogP contribution in [0.25, 0.3) is 0 Å². The highest BCUT2D eigenvalue weighted by Gasteiger charge is 2.16. The van der Waals surface area contributed by atoms with Gasteiger partial charge in [-0.2, -0.15) is 0 Å². The van der Waals surface area contributed by atoms with Crippen LogP contribution >= 0.6 is 0 Å². The standard InChI is InChI=1S/C10H14N4/c1-8-5-13-9(6-12-8)7-14-4-2-3-10(14)11/h5-6,11H,2-4,7H2,1H3. The molecule has 1 aromatic rings. The molecule has 2 rings (SSSR count). The Morgan fingerprint density at radius 1 is 1.43 bits per heavy atom. The minimum absolute atomic E-state index is 0.728. The largest absolute Gasteiger partial charge is 0.355 e. The summed E-state index contributed by atoms with van der Waals surface area (Å²) in [5, 5.41) is 7.68. The summed E-state index contributed by atoms with van der Waals surface area (Å²) in [7, 11) is 0. The molecule has 0 bridgehead atoms. The zero-order chi connectivity index (χ0) is 9.97. The van der Waals surface area contributed by atoms with Gasteiger partial charge in [-0.05, 0) is 13.3 Å². The minimum atomic E-state index is 0.728. The van der Waals surface area contributed by atoms with Crippen molar-refractivity contribution < 1.29 is 0 Å². The van der Waals surface area contributed by atoms with Gasteiger partial charge in [0.05, 0.1) is 30.0 Å². The molecule has 2 heterocycles.